The Morgan fingerprint density at radius 2 is 1.93 bits per heavy atom. The smallest absolute Gasteiger partial charge is 0.0992 e. The van der Waals surface area contributed by atoms with Crippen LogP contribution < -0.4 is 0 Å². The number of fused-ring (bicyclic) bond motifs is 1. The summed E-state index contributed by atoms with van der Waals surface area (Å²) < 4.78 is 1.29. The first-order valence-corrected chi connectivity index (χ1v) is 5.66. The van der Waals surface area contributed by atoms with Crippen LogP contribution in [0.2, 0.25) is 0 Å². The first-order chi connectivity index (χ1) is 6.47. The van der Waals surface area contributed by atoms with Crippen molar-refractivity contribution in [3.8, 4) is 0 Å². The Kier molecular flexibility index (Phi) is 2.11. The zero-order valence-corrected chi connectivity index (χ0v) is 9.90. The van der Waals surface area contributed by atoms with Crippen LogP contribution in [0.15, 0.2) is 18.2 Å². The van der Waals surface area contributed by atoms with Crippen LogP contribution >= 0.6 is 11.3 Å². The Labute approximate surface area is 88.8 Å². The van der Waals surface area contributed by atoms with Crippen LogP contribution in [-0.2, 0) is 5.41 Å². The van der Waals surface area contributed by atoms with Crippen LogP contribution in [0.4, 0.5) is 0 Å². The Bertz CT molecular complexity index is 463. The maximum Gasteiger partial charge on any atom is 0.0992 e. The minimum absolute atomic E-state index is 0.164. The predicted molar refractivity (Wildman–Crippen MR) is 63.1 cm³/mol. The average molecular weight is 205 g/mol. The third kappa shape index (κ3) is 1.67. The molecule has 14 heavy (non-hydrogen) atoms. The topological polar surface area (TPSA) is 12.9 Å². The van der Waals surface area contributed by atoms with Crippen molar-refractivity contribution in [2.45, 2.75) is 33.1 Å². The fourth-order valence-electron chi connectivity index (χ4n) is 1.36. The molecule has 0 spiro atoms. The molecule has 0 aliphatic carbocycles. The summed E-state index contributed by atoms with van der Waals surface area (Å²) in [5, 5.41) is 1.22. The molecule has 1 nitrogen and oxygen atoms in total. The molecule has 0 unspecified atom stereocenters. The minimum atomic E-state index is 0.164. The largest absolute Gasteiger partial charge is 0.241 e. The molecule has 0 N–H and O–H groups in total. The molecule has 1 heterocycles. The van der Waals surface area contributed by atoms with Crippen molar-refractivity contribution in [3.05, 3.63) is 28.8 Å². The summed E-state index contributed by atoms with van der Waals surface area (Å²) >= 11 is 1.80. The molecule has 0 saturated carbocycles. The van der Waals surface area contributed by atoms with E-state index < -0.39 is 0 Å². The first kappa shape index (κ1) is 9.66. The first-order valence-electron chi connectivity index (χ1n) is 4.84. The van der Waals surface area contributed by atoms with Gasteiger partial charge in [0.1, 0.15) is 0 Å². The summed E-state index contributed by atoms with van der Waals surface area (Å²) in [6.45, 7) is 8.72. The second kappa shape index (κ2) is 3.06. The maximum absolute atomic E-state index is 4.66. The molecule has 1 aromatic heterocycles. The molecule has 0 aliphatic heterocycles. The van der Waals surface area contributed by atoms with Gasteiger partial charge in [-0.15, -0.1) is 11.3 Å². The van der Waals surface area contributed by atoms with Crippen LogP contribution in [0.1, 0.15) is 31.3 Å². The van der Waals surface area contributed by atoms with Crippen molar-refractivity contribution >= 4 is 21.6 Å². The second-order valence-electron chi connectivity index (χ2n) is 4.74. The van der Waals surface area contributed by atoms with E-state index in [4.69, 9.17) is 0 Å². The van der Waals surface area contributed by atoms with E-state index >= 15 is 0 Å². The molecule has 0 fully saturated rings. The molecule has 0 saturated heterocycles. The number of hydrogen-bond donors (Lipinski definition) is 0. The fraction of sp³-hybridized carbons (Fsp3) is 0.417. The van der Waals surface area contributed by atoms with E-state index in [1.54, 1.807) is 11.3 Å². The number of benzene rings is 1. The highest BCUT2D eigenvalue weighted by Gasteiger charge is 2.18. The Hall–Kier alpha value is -0.890. The molecule has 2 heteroatoms. The molecule has 0 atom stereocenters. The van der Waals surface area contributed by atoms with Gasteiger partial charge in [-0.3, -0.25) is 0 Å². The zero-order valence-electron chi connectivity index (χ0n) is 9.09. The van der Waals surface area contributed by atoms with Crippen molar-refractivity contribution in [3.63, 3.8) is 0 Å². The third-order valence-electron chi connectivity index (χ3n) is 2.18. The quantitative estimate of drug-likeness (QED) is 0.635. The van der Waals surface area contributed by atoms with E-state index in [-0.39, 0.29) is 5.41 Å². The highest BCUT2D eigenvalue weighted by atomic mass is 32.1. The van der Waals surface area contributed by atoms with E-state index in [9.17, 15) is 0 Å². The van der Waals surface area contributed by atoms with Gasteiger partial charge in [-0.2, -0.15) is 0 Å². The lowest BCUT2D eigenvalue weighted by atomic mass is 9.98. The number of hydrogen-bond acceptors (Lipinski definition) is 2. The molecule has 2 aromatic rings. The van der Waals surface area contributed by atoms with Gasteiger partial charge in [0.2, 0.25) is 0 Å². The summed E-state index contributed by atoms with van der Waals surface area (Å²) in [5.41, 5.74) is 2.58. The number of rotatable bonds is 0. The summed E-state index contributed by atoms with van der Waals surface area (Å²) in [6.07, 6.45) is 0. The van der Waals surface area contributed by atoms with E-state index in [1.807, 2.05) is 0 Å². The fourth-order valence-corrected chi connectivity index (χ4v) is 2.36. The molecule has 0 amide bonds. The predicted octanol–water partition coefficient (Wildman–Crippen LogP) is 3.90. The molecule has 0 radical (unpaired) electrons. The molecular formula is C12H15NS. The van der Waals surface area contributed by atoms with E-state index in [2.05, 4.69) is 50.9 Å². The van der Waals surface area contributed by atoms with Gasteiger partial charge < -0.3 is 0 Å². The van der Waals surface area contributed by atoms with Crippen molar-refractivity contribution in [2.24, 2.45) is 0 Å². The van der Waals surface area contributed by atoms with Gasteiger partial charge in [0.05, 0.1) is 15.2 Å². The Morgan fingerprint density at radius 1 is 1.21 bits per heavy atom. The van der Waals surface area contributed by atoms with Crippen LogP contribution in [0.25, 0.3) is 10.2 Å². The van der Waals surface area contributed by atoms with Gasteiger partial charge in [0, 0.05) is 5.41 Å². The van der Waals surface area contributed by atoms with Crippen molar-refractivity contribution in [2.75, 3.05) is 0 Å². The molecular weight excluding hydrogens is 190 g/mol. The lowest BCUT2D eigenvalue weighted by molar-refractivity contribution is 0.587. The second-order valence-corrected chi connectivity index (χ2v) is 5.77. The summed E-state index contributed by atoms with van der Waals surface area (Å²) in [6, 6.07) is 6.46. The molecule has 0 bridgehead atoms. The van der Waals surface area contributed by atoms with Gasteiger partial charge >= 0.3 is 0 Å². The third-order valence-corrected chi connectivity index (χ3v) is 3.65. The number of aryl methyl sites for hydroxylation is 1. The van der Waals surface area contributed by atoms with Crippen LogP contribution in [-0.4, -0.2) is 4.98 Å². The van der Waals surface area contributed by atoms with Crippen LogP contribution in [0, 0.1) is 6.92 Å². The highest BCUT2D eigenvalue weighted by molar-refractivity contribution is 7.18. The van der Waals surface area contributed by atoms with Gasteiger partial charge in [0.15, 0.2) is 0 Å². The normalized spacial score (nSPS) is 12.3. The molecule has 74 valence electrons. The van der Waals surface area contributed by atoms with E-state index in [0.29, 0.717) is 0 Å². The van der Waals surface area contributed by atoms with Gasteiger partial charge in [-0.1, -0.05) is 26.8 Å². The summed E-state index contributed by atoms with van der Waals surface area (Å²) in [4.78, 5) is 4.66. The molecule has 2 rings (SSSR count). The highest BCUT2D eigenvalue weighted by Crippen LogP contribution is 2.31. The summed E-state index contributed by atoms with van der Waals surface area (Å²) in [5.74, 6) is 0. The standard InChI is InChI=1S/C12H15NS/c1-8-5-6-10-9(7-8)13-11(14-10)12(2,3)4/h5-7H,1-4H3. The zero-order chi connectivity index (χ0) is 10.3. The van der Waals surface area contributed by atoms with Crippen LogP contribution in [0.5, 0.6) is 0 Å². The van der Waals surface area contributed by atoms with Gasteiger partial charge in [-0.25, -0.2) is 4.98 Å². The van der Waals surface area contributed by atoms with E-state index in [1.165, 1.54) is 15.3 Å². The Morgan fingerprint density at radius 3 is 2.57 bits per heavy atom. The Balaban J connectivity index is 2.63. The van der Waals surface area contributed by atoms with Gasteiger partial charge in [-0.05, 0) is 24.6 Å². The lowest BCUT2D eigenvalue weighted by Gasteiger charge is -2.13. The monoisotopic (exact) mass is 205 g/mol. The SMILES string of the molecule is Cc1ccc2sc(C(C)(C)C)nc2c1. The maximum atomic E-state index is 4.66. The van der Waals surface area contributed by atoms with Crippen molar-refractivity contribution in [1.29, 1.82) is 0 Å². The number of thiazole rings is 1. The van der Waals surface area contributed by atoms with Crippen molar-refractivity contribution in [1.82, 2.24) is 4.98 Å². The van der Waals surface area contributed by atoms with E-state index in [0.717, 1.165) is 5.52 Å². The average Bonchev–Trinajstić information content (AvgIpc) is 2.45. The minimum Gasteiger partial charge on any atom is -0.241 e. The lowest BCUT2D eigenvalue weighted by Crippen LogP contribution is -2.09. The van der Waals surface area contributed by atoms with Crippen LogP contribution in [0.3, 0.4) is 0 Å². The molecule has 0 aliphatic rings. The van der Waals surface area contributed by atoms with Crippen molar-refractivity contribution < 1.29 is 0 Å². The number of nitrogens with zero attached hydrogens (tertiary/aromatic N) is 1. The summed E-state index contributed by atoms with van der Waals surface area (Å²) in [7, 11) is 0. The van der Waals surface area contributed by atoms with Gasteiger partial charge in [0.25, 0.3) is 0 Å². The molecule has 1 aromatic carbocycles. The number of aromatic nitrogens is 1.